The van der Waals surface area contributed by atoms with Crippen LogP contribution in [0.1, 0.15) is 5.56 Å². The molecule has 1 N–H and O–H groups in total. The molecule has 0 aliphatic carbocycles. The van der Waals surface area contributed by atoms with Crippen molar-refractivity contribution in [1.29, 1.82) is 5.26 Å². The minimum atomic E-state index is -0.890. The summed E-state index contributed by atoms with van der Waals surface area (Å²) in [5.74, 6) is -2.20. The van der Waals surface area contributed by atoms with E-state index in [1.165, 1.54) is 24.5 Å². The van der Waals surface area contributed by atoms with Gasteiger partial charge in [0.15, 0.2) is 11.6 Å². The Kier molecular flexibility index (Phi) is 3.27. The van der Waals surface area contributed by atoms with Crippen LogP contribution in [0.3, 0.4) is 0 Å². The zero-order valence-electron chi connectivity index (χ0n) is 10.9. The van der Waals surface area contributed by atoms with E-state index in [9.17, 15) is 13.6 Å². The van der Waals surface area contributed by atoms with Crippen molar-refractivity contribution in [2.24, 2.45) is 0 Å². The van der Waals surface area contributed by atoms with E-state index in [2.05, 4.69) is 9.97 Å². The van der Waals surface area contributed by atoms with Gasteiger partial charge in [-0.05, 0) is 30.3 Å². The van der Waals surface area contributed by atoms with Gasteiger partial charge in [0.05, 0.1) is 17.2 Å². The van der Waals surface area contributed by atoms with Gasteiger partial charge in [0.2, 0.25) is 0 Å². The molecule has 0 aliphatic rings. The number of rotatable bonds is 2. The van der Waals surface area contributed by atoms with Crippen molar-refractivity contribution >= 4 is 10.9 Å². The van der Waals surface area contributed by atoms with E-state index in [1.807, 2.05) is 0 Å². The van der Waals surface area contributed by atoms with Crippen LogP contribution in [0.2, 0.25) is 0 Å². The largest absolute Gasteiger partial charge is 0.453 e. The lowest BCUT2D eigenvalue weighted by Crippen LogP contribution is -2.06. The minimum Gasteiger partial charge on any atom is -0.453 e. The molecule has 22 heavy (non-hydrogen) atoms. The third-order valence-electron chi connectivity index (χ3n) is 3.00. The number of halogens is 2. The van der Waals surface area contributed by atoms with Gasteiger partial charge in [-0.3, -0.25) is 4.79 Å². The van der Waals surface area contributed by atoms with Gasteiger partial charge >= 0.3 is 0 Å². The Morgan fingerprint density at radius 3 is 2.73 bits per heavy atom. The molecule has 0 unspecified atom stereocenters. The van der Waals surface area contributed by atoms with Crippen LogP contribution in [0.15, 0.2) is 41.5 Å². The summed E-state index contributed by atoms with van der Waals surface area (Å²) in [7, 11) is 0. The monoisotopic (exact) mass is 299 g/mol. The minimum absolute atomic E-state index is 0.0898. The van der Waals surface area contributed by atoms with Gasteiger partial charge in [0.1, 0.15) is 23.2 Å². The fourth-order valence-electron chi connectivity index (χ4n) is 1.97. The quantitative estimate of drug-likeness (QED) is 0.789. The molecule has 7 heteroatoms. The van der Waals surface area contributed by atoms with Crippen LogP contribution in [0.25, 0.3) is 10.9 Å². The highest BCUT2D eigenvalue weighted by Gasteiger charge is 2.16. The van der Waals surface area contributed by atoms with Crippen molar-refractivity contribution in [2.45, 2.75) is 0 Å². The number of hydrogen-bond donors (Lipinski definition) is 1. The molecule has 1 heterocycles. The van der Waals surface area contributed by atoms with Crippen molar-refractivity contribution in [3.63, 3.8) is 0 Å². The number of fused-ring (bicyclic) bond motifs is 1. The average molecular weight is 299 g/mol. The van der Waals surface area contributed by atoms with Crippen LogP contribution in [-0.2, 0) is 0 Å². The Bertz CT molecular complexity index is 977. The predicted molar refractivity (Wildman–Crippen MR) is 73.5 cm³/mol. The third kappa shape index (κ3) is 2.27. The molecular weight excluding hydrogens is 292 g/mol. The summed E-state index contributed by atoms with van der Waals surface area (Å²) >= 11 is 0. The van der Waals surface area contributed by atoms with Crippen molar-refractivity contribution in [2.75, 3.05) is 0 Å². The topological polar surface area (TPSA) is 78.8 Å². The molecule has 1 aromatic heterocycles. The first-order valence-corrected chi connectivity index (χ1v) is 6.13. The van der Waals surface area contributed by atoms with Gasteiger partial charge in [0, 0.05) is 0 Å². The number of nitrogens with one attached hydrogen (secondary N) is 1. The summed E-state index contributed by atoms with van der Waals surface area (Å²) in [6.07, 6.45) is 1.26. The fraction of sp³-hybridized carbons (Fsp3) is 0. The van der Waals surface area contributed by atoms with Gasteiger partial charge in [0.25, 0.3) is 5.56 Å². The Balaban J connectivity index is 2.12. The highest BCUT2D eigenvalue weighted by atomic mass is 19.1. The number of nitrogens with zero attached hydrogens (tertiary/aromatic N) is 2. The Labute approximate surface area is 122 Å². The molecule has 0 spiro atoms. The first kappa shape index (κ1) is 13.7. The fourth-order valence-corrected chi connectivity index (χ4v) is 1.97. The summed E-state index contributed by atoms with van der Waals surface area (Å²) in [6, 6.07) is 7.55. The second-order valence-electron chi connectivity index (χ2n) is 4.36. The lowest BCUT2D eigenvalue weighted by molar-refractivity contribution is 0.435. The zero-order valence-corrected chi connectivity index (χ0v) is 10.9. The molecule has 0 aliphatic heterocycles. The van der Waals surface area contributed by atoms with Crippen LogP contribution in [0, 0.1) is 23.0 Å². The normalized spacial score (nSPS) is 10.4. The van der Waals surface area contributed by atoms with Crippen LogP contribution in [0.4, 0.5) is 8.78 Å². The number of hydrogen-bond acceptors (Lipinski definition) is 4. The van der Waals surface area contributed by atoms with E-state index in [1.54, 1.807) is 6.07 Å². The lowest BCUT2D eigenvalue weighted by atomic mass is 10.2. The molecule has 0 atom stereocenters. The maximum absolute atomic E-state index is 13.8. The Morgan fingerprint density at radius 2 is 1.95 bits per heavy atom. The molecule has 5 nitrogen and oxygen atoms in total. The number of nitriles is 1. The molecule has 0 bridgehead atoms. The standard InChI is InChI=1S/C15H7F2N3O2/c16-11-2-3-12(17)14(10(11)6-18)22-8-1-4-13-9(5-8)15(21)20-7-19-13/h1-5,7H,(H,19,20,21). The molecule has 0 saturated heterocycles. The average Bonchev–Trinajstić information content (AvgIpc) is 2.52. The first-order chi connectivity index (χ1) is 10.6. The summed E-state index contributed by atoms with van der Waals surface area (Å²) in [4.78, 5) is 18.0. The zero-order chi connectivity index (χ0) is 15.7. The van der Waals surface area contributed by atoms with Gasteiger partial charge in [-0.15, -0.1) is 0 Å². The molecule has 108 valence electrons. The van der Waals surface area contributed by atoms with E-state index < -0.39 is 28.5 Å². The van der Waals surface area contributed by atoms with Gasteiger partial charge < -0.3 is 9.72 Å². The summed E-state index contributed by atoms with van der Waals surface area (Å²) in [6.45, 7) is 0. The van der Waals surface area contributed by atoms with Crippen LogP contribution < -0.4 is 10.3 Å². The van der Waals surface area contributed by atoms with Gasteiger partial charge in [-0.2, -0.15) is 5.26 Å². The molecule has 0 radical (unpaired) electrons. The van der Waals surface area contributed by atoms with E-state index in [0.717, 1.165) is 12.1 Å². The smallest absolute Gasteiger partial charge is 0.258 e. The van der Waals surface area contributed by atoms with Crippen molar-refractivity contribution in [1.82, 2.24) is 9.97 Å². The van der Waals surface area contributed by atoms with E-state index >= 15 is 0 Å². The van der Waals surface area contributed by atoms with Crippen molar-refractivity contribution < 1.29 is 13.5 Å². The van der Waals surface area contributed by atoms with E-state index in [4.69, 9.17) is 10.00 Å². The summed E-state index contributed by atoms with van der Waals surface area (Å²) < 4.78 is 32.5. The molecule has 3 rings (SSSR count). The van der Waals surface area contributed by atoms with Crippen molar-refractivity contribution in [3.05, 3.63) is 64.2 Å². The Hall–Kier alpha value is -3.27. The number of aromatic nitrogens is 2. The highest BCUT2D eigenvalue weighted by Crippen LogP contribution is 2.30. The van der Waals surface area contributed by atoms with Crippen LogP contribution >= 0.6 is 0 Å². The van der Waals surface area contributed by atoms with E-state index in [0.29, 0.717) is 5.52 Å². The van der Waals surface area contributed by atoms with Crippen LogP contribution in [0.5, 0.6) is 11.5 Å². The predicted octanol–water partition coefficient (Wildman–Crippen LogP) is 2.87. The van der Waals surface area contributed by atoms with Crippen LogP contribution in [-0.4, -0.2) is 9.97 Å². The maximum atomic E-state index is 13.8. The molecular formula is C15H7F2N3O2. The molecule has 0 amide bonds. The second-order valence-corrected chi connectivity index (χ2v) is 4.36. The summed E-state index contributed by atoms with van der Waals surface area (Å²) in [5, 5.41) is 9.15. The molecule has 0 saturated carbocycles. The summed E-state index contributed by atoms with van der Waals surface area (Å²) in [5.41, 5.74) is -0.507. The number of H-pyrrole nitrogens is 1. The molecule has 0 fully saturated rings. The number of aromatic amines is 1. The third-order valence-corrected chi connectivity index (χ3v) is 3.00. The van der Waals surface area contributed by atoms with Gasteiger partial charge in [-0.1, -0.05) is 0 Å². The molecule has 2 aromatic carbocycles. The van der Waals surface area contributed by atoms with Crippen molar-refractivity contribution in [3.8, 4) is 17.6 Å². The number of ether oxygens (including phenoxy) is 1. The number of benzene rings is 2. The maximum Gasteiger partial charge on any atom is 0.258 e. The SMILES string of the molecule is N#Cc1c(F)ccc(F)c1Oc1ccc2nc[nH]c(=O)c2c1. The second kappa shape index (κ2) is 5.26. The first-order valence-electron chi connectivity index (χ1n) is 6.13. The van der Waals surface area contributed by atoms with Gasteiger partial charge in [-0.25, -0.2) is 13.8 Å². The highest BCUT2D eigenvalue weighted by molar-refractivity contribution is 5.78. The Morgan fingerprint density at radius 1 is 1.18 bits per heavy atom. The molecule has 3 aromatic rings. The van der Waals surface area contributed by atoms with E-state index in [-0.39, 0.29) is 11.1 Å². The lowest BCUT2D eigenvalue weighted by Gasteiger charge is -2.09.